The van der Waals surface area contributed by atoms with Gasteiger partial charge in [0.1, 0.15) is 5.01 Å². The third kappa shape index (κ3) is 1.71. The molecule has 0 fully saturated rings. The van der Waals surface area contributed by atoms with Gasteiger partial charge in [-0.3, -0.25) is 0 Å². The molecule has 2 rings (SSSR count). The normalized spacial score (nSPS) is 10.7. The number of aromatic amines is 1. The lowest BCUT2D eigenvalue weighted by molar-refractivity contribution is 0.823. The fourth-order valence-corrected chi connectivity index (χ4v) is 2.40. The summed E-state index contributed by atoms with van der Waals surface area (Å²) in [6.45, 7) is 2.95. The topological polar surface area (TPSA) is 40.7 Å². The van der Waals surface area contributed by atoms with Crippen LogP contribution in [0, 0.1) is 6.92 Å². The van der Waals surface area contributed by atoms with Gasteiger partial charge in [0.25, 0.3) is 0 Å². The first kappa shape index (κ1) is 9.43. The molecule has 2 N–H and O–H groups in total. The van der Waals surface area contributed by atoms with Crippen molar-refractivity contribution in [2.45, 2.75) is 13.5 Å². The van der Waals surface area contributed by atoms with E-state index in [1.54, 1.807) is 11.3 Å². The number of nitrogens with one attached hydrogen (secondary N) is 2. The molecule has 0 aliphatic heterocycles. The van der Waals surface area contributed by atoms with Gasteiger partial charge in [-0.15, -0.1) is 11.3 Å². The third-order valence-electron chi connectivity index (χ3n) is 2.07. The van der Waals surface area contributed by atoms with Crippen LogP contribution in [0.4, 0.5) is 0 Å². The van der Waals surface area contributed by atoms with Crippen LogP contribution in [0.3, 0.4) is 0 Å². The lowest BCUT2D eigenvalue weighted by Crippen LogP contribution is -2.04. The van der Waals surface area contributed by atoms with E-state index in [2.05, 4.69) is 22.2 Å². The number of rotatable bonds is 3. The van der Waals surface area contributed by atoms with E-state index < -0.39 is 0 Å². The third-order valence-corrected chi connectivity index (χ3v) is 3.28. The minimum atomic E-state index is 0.897. The predicted molar refractivity (Wildman–Crippen MR) is 59.4 cm³/mol. The summed E-state index contributed by atoms with van der Waals surface area (Å²) < 4.78 is 0. The molecular formula is C10H13N3S. The van der Waals surface area contributed by atoms with E-state index >= 15 is 0 Å². The Labute approximate surface area is 87.2 Å². The van der Waals surface area contributed by atoms with E-state index in [4.69, 9.17) is 0 Å². The Balaban J connectivity index is 2.33. The number of nitrogens with zero attached hydrogens (tertiary/aromatic N) is 1. The fraction of sp³-hybridized carbons (Fsp3) is 0.300. The second-order valence-electron chi connectivity index (χ2n) is 3.16. The van der Waals surface area contributed by atoms with Gasteiger partial charge < -0.3 is 10.3 Å². The molecule has 2 aromatic heterocycles. The maximum absolute atomic E-state index is 4.53. The summed E-state index contributed by atoms with van der Waals surface area (Å²) in [5, 5.41) is 4.24. The highest BCUT2D eigenvalue weighted by Gasteiger charge is 2.08. The molecule has 0 atom stereocenters. The molecule has 0 aliphatic carbocycles. The summed E-state index contributed by atoms with van der Waals surface area (Å²) in [4.78, 5) is 8.88. The van der Waals surface area contributed by atoms with Gasteiger partial charge in [0.05, 0.1) is 5.69 Å². The highest BCUT2D eigenvalue weighted by atomic mass is 32.1. The van der Waals surface area contributed by atoms with Crippen molar-refractivity contribution in [3.63, 3.8) is 0 Å². The SMILES string of the molecule is CNCc1sc(-c2cc[nH]c2)nc1C. The summed E-state index contributed by atoms with van der Waals surface area (Å²) in [6, 6.07) is 2.04. The average Bonchev–Trinajstić information content (AvgIpc) is 2.76. The standard InChI is InChI=1S/C10H13N3S/c1-7-9(6-11-2)14-10(13-7)8-3-4-12-5-8/h3-5,11-12H,6H2,1-2H3. The number of aromatic nitrogens is 2. The second kappa shape index (κ2) is 3.94. The van der Waals surface area contributed by atoms with Crippen molar-refractivity contribution in [1.82, 2.24) is 15.3 Å². The Hall–Kier alpha value is -1.13. The van der Waals surface area contributed by atoms with Crippen LogP contribution in [0.5, 0.6) is 0 Å². The molecular weight excluding hydrogens is 194 g/mol. The molecule has 0 radical (unpaired) electrons. The molecule has 3 nitrogen and oxygen atoms in total. The fourth-order valence-electron chi connectivity index (χ4n) is 1.33. The van der Waals surface area contributed by atoms with Gasteiger partial charge in [-0.2, -0.15) is 0 Å². The van der Waals surface area contributed by atoms with Crippen LogP contribution in [0.15, 0.2) is 18.5 Å². The quantitative estimate of drug-likeness (QED) is 0.809. The molecule has 0 spiro atoms. The lowest BCUT2D eigenvalue weighted by Gasteiger charge is -1.93. The van der Waals surface area contributed by atoms with Crippen LogP contribution in [-0.4, -0.2) is 17.0 Å². The van der Waals surface area contributed by atoms with E-state index in [0.29, 0.717) is 0 Å². The first-order chi connectivity index (χ1) is 6.81. The molecule has 4 heteroatoms. The minimum absolute atomic E-state index is 0.897. The lowest BCUT2D eigenvalue weighted by atomic mass is 10.3. The van der Waals surface area contributed by atoms with E-state index in [-0.39, 0.29) is 0 Å². The van der Waals surface area contributed by atoms with Gasteiger partial charge in [-0.25, -0.2) is 4.98 Å². The summed E-state index contributed by atoms with van der Waals surface area (Å²) in [5.41, 5.74) is 2.29. The summed E-state index contributed by atoms with van der Waals surface area (Å²) >= 11 is 1.75. The van der Waals surface area contributed by atoms with Gasteiger partial charge in [0.2, 0.25) is 0 Å². The first-order valence-corrected chi connectivity index (χ1v) is 5.37. The molecule has 74 valence electrons. The van der Waals surface area contributed by atoms with Gasteiger partial charge in [0, 0.05) is 29.4 Å². The largest absolute Gasteiger partial charge is 0.367 e. The van der Waals surface area contributed by atoms with Crippen LogP contribution in [-0.2, 0) is 6.54 Å². The first-order valence-electron chi connectivity index (χ1n) is 4.55. The summed E-state index contributed by atoms with van der Waals surface area (Å²) in [7, 11) is 1.95. The van der Waals surface area contributed by atoms with Gasteiger partial charge in [-0.05, 0) is 20.0 Å². The van der Waals surface area contributed by atoms with E-state index in [9.17, 15) is 0 Å². The molecule has 0 saturated heterocycles. The Bertz CT molecular complexity index is 403. The average molecular weight is 207 g/mol. The van der Waals surface area contributed by atoms with Crippen LogP contribution in [0.2, 0.25) is 0 Å². The molecule has 0 bridgehead atoms. The summed E-state index contributed by atoms with van der Waals surface area (Å²) in [5.74, 6) is 0. The van der Waals surface area contributed by atoms with Crippen molar-refractivity contribution in [1.29, 1.82) is 0 Å². The highest BCUT2D eigenvalue weighted by Crippen LogP contribution is 2.27. The molecule has 0 aliphatic rings. The Morgan fingerprint density at radius 3 is 3.07 bits per heavy atom. The van der Waals surface area contributed by atoms with Gasteiger partial charge >= 0.3 is 0 Å². The molecule has 0 amide bonds. The van der Waals surface area contributed by atoms with E-state index in [1.807, 2.05) is 25.5 Å². The van der Waals surface area contributed by atoms with Crippen molar-refractivity contribution < 1.29 is 0 Å². The number of hydrogen-bond acceptors (Lipinski definition) is 3. The second-order valence-corrected chi connectivity index (χ2v) is 4.24. The minimum Gasteiger partial charge on any atom is -0.367 e. The molecule has 2 heterocycles. The predicted octanol–water partition coefficient (Wildman–Crippen LogP) is 2.17. The van der Waals surface area contributed by atoms with Crippen molar-refractivity contribution in [3.8, 4) is 10.6 Å². The zero-order chi connectivity index (χ0) is 9.97. The maximum atomic E-state index is 4.53. The van der Waals surface area contributed by atoms with Gasteiger partial charge in [-0.1, -0.05) is 0 Å². The highest BCUT2D eigenvalue weighted by molar-refractivity contribution is 7.15. The Morgan fingerprint density at radius 1 is 1.57 bits per heavy atom. The van der Waals surface area contributed by atoms with Crippen LogP contribution in [0.1, 0.15) is 10.6 Å². The van der Waals surface area contributed by atoms with Crippen molar-refractivity contribution in [2.24, 2.45) is 0 Å². The molecule has 0 unspecified atom stereocenters. The number of hydrogen-bond donors (Lipinski definition) is 2. The number of aryl methyl sites for hydroxylation is 1. The van der Waals surface area contributed by atoms with Gasteiger partial charge in [0.15, 0.2) is 0 Å². The van der Waals surface area contributed by atoms with E-state index in [0.717, 1.165) is 17.2 Å². The van der Waals surface area contributed by atoms with Crippen LogP contribution < -0.4 is 5.32 Å². The molecule has 0 saturated carbocycles. The monoisotopic (exact) mass is 207 g/mol. The van der Waals surface area contributed by atoms with E-state index in [1.165, 1.54) is 10.4 Å². The Kier molecular flexibility index (Phi) is 2.65. The smallest absolute Gasteiger partial charge is 0.125 e. The number of H-pyrrole nitrogens is 1. The van der Waals surface area contributed by atoms with Crippen LogP contribution >= 0.6 is 11.3 Å². The number of thiazole rings is 1. The van der Waals surface area contributed by atoms with Crippen LogP contribution in [0.25, 0.3) is 10.6 Å². The Morgan fingerprint density at radius 2 is 2.43 bits per heavy atom. The zero-order valence-corrected chi connectivity index (χ0v) is 9.11. The molecule has 14 heavy (non-hydrogen) atoms. The maximum Gasteiger partial charge on any atom is 0.125 e. The van der Waals surface area contributed by atoms with Crippen molar-refractivity contribution in [2.75, 3.05) is 7.05 Å². The molecule has 2 aromatic rings. The van der Waals surface area contributed by atoms with Crippen molar-refractivity contribution in [3.05, 3.63) is 29.0 Å². The van der Waals surface area contributed by atoms with Crippen molar-refractivity contribution >= 4 is 11.3 Å². The zero-order valence-electron chi connectivity index (χ0n) is 8.29. The summed E-state index contributed by atoms with van der Waals surface area (Å²) in [6.07, 6.45) is 3.89. The molecule has 0 aromatic carbocycles.